The fraction of sp³-hybridized carbons (Fsp3) is 0.680. The van der Waals surface area contributed by atoms with Gasteiger partial charge in [0, 0.05) is 64.3 Å². The lowest BCUT2D eigenvalue weighted by molar-refractivity contribution is -0.192. The molecule has 0 aliphatic carbocycles. The van der Waals surface area contributed by atoms with Crippen LogP contribution in [0.4, 0.5) is 13.2 Å². The second kappa shape index (κ2) is 14.8. The van der Waals surface area contributed by atoms with E-state index in [-0.39, 0.29) is 23.8 Å². The van der Waals surface area contributed by atoms with E-state index in [9.17, 15) is 26.4 Å². The molecule has 222 valence electrons. The number of hydrogen-bond acceptors (Lipinski definition) is 7. The predicted octanol–water partition coefficient (Wildman–Crippen LogP) is 2.40. The standard InChI is InChI=1S/C23H38N4O4S.C2HF3O2/c1-19-5-4-6-20(2)27(19)18-17-26(14-11-23(28)25-15-12-24-13-16-25)32(29,30)22-9-7-21(31-3)8-10-22;3-2(4,5)1(6)7/h7-10,19-20,24H,4-6,11-18H2,1-3H3;(H,6,7). The first kappa shape index (κ1) is 32.8. The van der Waals surface area contributed by atoms with Gasteiger partial charge < -0.3 is 20.1 Å². The fourth-order valence-corrected chi connectivity index (χ4v) is 6.12. The lowest BCUT2D eigenvalue weighted by Crippen LogP contribution is -2.49. The van der Waals surface area contributed by atoms with E-state index in [0.29, 0.717) is 44.0 Å². The van der Waals surface area contributed by atoms with Gasteiger partial charge in [0.05, 0.1) is 12.0 Å². The molecule has 10 nitrogen and oxygen atoms in total. The van der Waals surface area contributed by atoms with Gasteiger partial charge in [-0.1, -0.05) is 6.42 Å². The van der Waals surface area contributed by atoms with Crippen molar-refractivity contribution in [3.05, 3.63) is 24.3 Å². The fourth-order valence-electron chi connectivity index (χ4n) is 4.68. The largest absolute Gasteiger partial charge is 0.497 e. The number of halogens is 3. The normalized spacial score (nSPS) is 20.7. The highest BCUT2D eigenvalue weighted by molar-refractivity contribution is 7.89. The molecule has 39 heavy (non-hydrogen) atoms. The molecule has 2 N–H and O–H groups in total. The minimum Gasteiger partial charge on any atom is -0.497 e. The Morgan fingerprint density at radius 2 is 1.62 bits per heavy atom. The van der Waals surface area contributed by atoms with Gasteiger partial charge in [0.1, 0.15) is 5.75 Å². The van der Waals surface area contributed by atoms with Crippen molar-refractivity contribution in [1.29, 1.82) is 0 Å². The van der Waals surface area contributed by atoms with Crippen LogP contribution >= 0.6 is 0 Å². The van der Waals surface area contributed by atoms with Gasteiger partial charge in [-0.25, -0.2) is 13.2 Å². The van der Waals surface area contributed by atoms with Crippen molar-refractivity contribution in [3.63, 3.8) is 0 Å². The number of alkyl halides is 3. The van der Waals surface area contributed by atoms with Crippen molar-refractivity contribution in [2.24, 2.45) is 0 Å². The molecule has 1 aromatic rings. The van der Waals surface area contributed by atoms with E-state index >= 15 is 0 Å². The molecular weight excluding hydrogens is 541 g/mol. The first-order valence-corrected chi connectivity index (χ1v) is 14.4. The number of carbonyl (C=O) groups is 2. The summed E-state index contributed by atoms with van der Waals surface area (Å²) in [6.45, 7) is 8.57. The zero-order valence-electron chi connectivity index (χ0n) is 22.6. The van der Waals surface area contributed by atoms with E-state index in [1.165, 1.54) is 10.7 Å². The summed E-state index contributed by atoms with van der Waals surface area (Å²) in [6.07, 6.45) is -1.40. The SMILES string of the molecule is COc1ccc(S(=O)(=O)N(CCC(=O)N2CCNCC2)CCN2C(C)CCCC2C)cc1.O=C(O)C(F)(F)F. The highest BCUT2D eigenvalue weighted by Crippen LogP contribution is 2.24. The molecule has 0 radical (unpaired) electrons. The number of nitrogens with zero attached hydrogens (tertiary/aromatic N) is 3. The summed E-state index contributed by atoms with van der Waals surface area (Å²) in [5.41, 5.74) is 0. The number of rotatable bonds is 9. The Hall–Kier alpha value is -2.42. The van der Waals surface area contributed by atoms with Crippen molar-refractivity contribution in [2.45, 2.75) is 62.7 Å². The van der Waals surface area contributed by atoms with Crippen LogP contribution < -0.4 is 10.1 Å². The summed E-state index contributed by atoms with van der Waals surface area (Å²) in [4.78, 5) is 26.1. The number of carboxylic acids is 1. The maximum atomic E-state index is 13.5. The minimum absolute atomic E-state index is 0.0149. The molecule has 2 aliphatic rings. The molecular formula is C25H39F3N4O6S. The maximum Gasteiger partial charge on any atom is 0.490 e. The number of hydrogen-bond donors (Lipinski definition) is 2. The lowest BCUT2D eigenvalue weighted by atomic mass is 9.98. The Labute approximate surface area is 228 Å². The number of piperazine rings is 1. The molecule has 2 atom stereocenters. The van der Waals surface area contributed by atoms with E-state index < -0.39 is 22.2 Å². The molecule has 0 bridgehead atoms. The van der Waals surface area contributed by atoms with Crippen molar-refractivity contribution in [1.82, 2.24) is 19.4 Å². The number of sulfonamides is 1. The molecule has 3 rings (SSSR count). The summed E-state index contributed by atoms with van der Waals surface area (Å²) >= 11 is 0. The van der Waals surface area contributed by atoms with Gasteiger partial charge in [-0.2, -0.15) is 17.5 Å². The third-order valence-corrected chi connectivity index (χ3v) is 8.88. The van der Waals surface area contributed by atoms with Crippen LogP contribution in [0.1, 0.15) is 39.5 Å². The molecule has 2 aliphatic heterocycles. The van der Waals surface area contributed by atoms with Crippen molar-refractivity contribution < 1.29 is 41.0 Å². The van der Waals surface area contributed by atoms with E-state index in [4.69, 9.17) is 14.6 Å². The Balaban J connectivity index is 0.000000673. The highest BCUT2D eigenvalue weighted by atomic mass is 32.2. The van der Waals surface area contributed by atoms with Crippen LogP contribution in [-0.2, 0) is 19.6 Å². The number of amides is 1. The van der Waals surface area contributed by atoms with Crippen LogP contribution in [0, 0.1) is 0 Å². The number of carboxylic acid groups (broad SMARTS) is 1. The number of aliphatic carboxylic acids is 1. The topological polar surface area (TPSA) is 119 Å². The summed E-state index contributed by atoms with van der Waals surface area (Å²) in [5, 5.41) is 10.4. The van der Waals surface area contributed by atoms with Gasteiger partial charge in [0.25, 0.3) is 0 Å². The second-order valence-electron chi connectivity index (χ2n) is 9.63. The highest BCUT2D eigenvalue weighted by Gasteiger charge is 2.38. The summed E-state index contributed by atoms with van der Waals surface area (Å²) in [7, 11) is -2.17. The van der Waals surface area contributed by atoms with Crippen molar-refractivity contribution in [2.75, 3.05) is 52.9 Å². The first-order valence-electron chi connectivity index (χ1n) is 13.0. The Morgan fingerprint density at radius 1 is 1.08 bits per heavy atom. The molecule has 1 aromatic carbocycles. The number of methoxy groups -OCH3 is 1. The molecule has 2 fully saturated rings. The van der Waals surface area contributed by atoms with E-state index in [1.54, 1.807) is 31.4 Å². The molecule has 2 heterocycles. The zero-order chi connectivity index (χ0) is 29.2. The maximum absolute atomic E-state index is 13.5. The second-order valence-corrected chi connectivity index (χ2v) is 11.6. The van der Waals surface area contributed by atoms with Crippen LogP contribution in [0.3, 0.4) is 0 Å². The van der Waals surface area contributed by atoms with E-state index in [0.717, 1.165) is 25.9 Å². The molecule has 14 heteroatoms. The van der Waals surface area contributed by atoms with Crippen molar-refractivity contribution >= 4 is 21.9 Å². The minimum atomic E-state index is -5.08. The number of piperidine rings is 1. The quantitative estimate of drug-likeness (QED) is 0.457. The third kappa shape index (κ3) is 9.92. The van der Waals surface area contributed by atoms with Crippen LogP contribution in [0.25, 0.3) is 0 Å². The third-order valence-electron chi connectivity index (χ3n) is 6.97. The number of nitrogens with one attached hydrogen (secondary N) is 1. The summed E-state index contributed by atoms with van der Waals surface area (Å²) in [6, 6.07) is 7.34. The van der Waals surface area contributed by atoms with Crippen LogP contribution in [0.2, 0.25) is 0 Å². The summed E-state index contributed by atoms with van der Waals surface area (Å²) < 4.78 is 65.4. The van der Waals surface area contributed by atoms with Gasteiger partial charge in [0.15, 0.2) is 0 Å². The van der Waals surface area contributed by atoms with Gasteiger partial charge in [0.2, 0.25) is 15.9 Å². The Kier molecular flexibility index (Phi) is 12.5. The lowest BCUT2D eigenvalue weighted by Gasteiger charge is -2.40. The Bertz CT molecular complexity index is 1020. The van der Waals surface area contributed by atoms with Crippen molar-refractivity contribution in [3.8, 4) is 5.75 Å². The number of ether oxygens (including phenoxy) is 1. The molecule has 0 aromatic heterocycles. The number of carbonyl (C=O) groups excluding carboxylic acids is 1. The molecule has 0 spiro atoms. The molecule has 1 amide bonds. The molecule has 2 unspecified atom stereocenters. The van der Waals surface area contributed by atoms with Gasteiger partial charge in [-0.05, 0) is 51.0 Å². The average molecular weight is 581 g/mol. The van der Waals surface area contributed by atoms with Crippen LogP contribution in [-0.4, -0.2) is 111 Å². The number of benzene rings is 1. The van der Waals surface area contributed by atoms with Gasteiger partial charge in [-0.3, -0.25) is 9.69 Å². The Morgan fingerprint density at radius 3 is 2.10 bits per heavy atom. The smallest absolute Gasteiger partial charge is 0.490 e. The predicted molar refractivity (Wildman–Crippen MR) is 139 cm³/mol. The summed E-state index contributed by atoms with van der Waals surface area (Å²) in [5.74, 6) is -2.13. The molecule has 2 saturated heterocycles. The van der Waals surface area contributed by atoms with Crippen LogP contribution in [0.5, 0.6) is 5.75 Å². The van der Waals surface area contributed by atoms with E-state index in [2.05, 4.69) is 24.1 Å². The number of likely N-dealkylation sites (tertiary alicyclic amines) is 1. The molecule has 0 saturated carbocycles. The monoisotopic (exact) mass is 580 g/mol. The van der Waals surface area contributed by atoms with Gasteiger partial charge >= 0.3 is 12.1 Å². The first-order chi connectivity index (χ1) is 18.3. The van der Waals surface area contributed by atoms with Crippen LogP contribution in [0.15, 0.2) is 29.2 Å². The average Bonchev–Trinajstić information content (AvgIpc) is 2.90. The van der Waals surface area contributed by atoms with E-state index in [1.807, 2.05) is 4.90 Å². The zero-order valence-corrected chi connectivity index (χ0v) is 23.4. The van der Waals surface area contributed by atoms with Gasteiger partial charge in [-0.15, -0.1) is 0 Å².